The van der Waals surface area contributed by atoms with Gasteiger partial charge in [0.15, 0.2) is 0 Å². The standard InChI is InChI=1S/C18H25N5O.2ClH/c1-3-23-16-7-5-4-6-14(16)15(21-23)9-20-17(24)18-11-19-8-13(18)10-22(2)12-18;;/h4-7,13,19H,3,8-12H2,1-2H3,(H,20,24);2*1H/t13-,18-;;/m1../s1. The Hall–Kier alpha value is -1.34. The maximum absolute atomic E-state index is 13.0. The van der Waals surface area contributed by atoms with E-state index in [1.165, 1.54) is 0 Å². The number of para-hydroxylation sites is 1. The van der Waals surface area contributed by atoms with Crippen molar-refractivity contribution >= 4 is 41.6 Å². The van der Waals surface area contributed by atoms with Crippen LogP contribution in [0.25, 0.3) is 10.9 Å². The van der Waals surface area contributed by atoms with Crippen LogP contribution in [0.5, 0.6) is 0 Å². The number of likely N-dealkylation sites (tertiary alicyclic amines) is 1. The highest BCUT2D eigenvalue weighted by Gasteiger charge is 2.53. The molecule has 4 rings (SSSR count). The summed E-state index contributed by atoms with van der Waals surface area (Å²) < 4.78 is 2.00. The van der Waals surface area contributed by atoms with E-state index in [-0.39, 0.29) is 36.1 Å². The second kappa shape index (κ2) is 8.13. The molecule has 2 aromatic rings. The predicted octanol–water partition coefficient (Wildman–Crippen LogP) is 1.67. The van der Waals surface area contributed by atoms with Gasteiger partial charge in [-0.25, -0.2) is 0 Å². The summed E-state index contributed by atoms with van der Waals surface area (Å²) in [7, 11) is 2.10. The third kappa shape index (κ3) is 3.31. The van der Waals surface area contributed by atoms with Gasteiger partial charge >= 0.3 is 0 Å². The highest BCUT2D eigenvalue weighted by atomic mass is 35.5. The van der Waals surface area contributed by atoms with Crippen LogP contribution in [0.15, 0.2) is 24.3 Å². The van der Waals surface area contributed by atoms with Crippen LogP contribution in [0.3, 0.4) is 0 Å². The lowest BCUT2D eigenvalue weighted by atomic mass is 9.80. The molecule has 8 heteroatoms. The van der Waals surface area contributed by atoms with E-state index in [0.717, 1.165) is 49.3 Å². The molecule has 2 atom stereocenters. The van der Waals surface area contributed by atoms with Crippen LogP contribution in [0.2, 0.25) is 0 Å². The summed E-state index contributed by atoms with van der Waals surface area (Å²) in [6, 6.07) is 8.22. The van der Waals surface area contributed by atoms with Crippen molar-refractivity contribution in [3.05, 3.63) is 30.0 Å². The molecule has 0 saturated carbocycles. The lowest BCUT2D eigenvalue weighted by molar-refractivity contribution is -0.130. The summed E-state index contributed by atoms with van der Waals surface area (Å²) in [5.74, 6) is 0.574. The van der Waals surface area contributed by atoms with E-state index in [1.807, 2.05) is 16.8 Å². The minimum atomic E-state index is -0.280. The maximum Gasteiger partial charge on any atom is 0.229 e. The van der Waals surface area contributed by atoms with Gasteiger partial charge in [0, 0.05) is 44.0 Å². The number of hydrogen-bond donors (Lipinski definition) is 2. The number of rotatable bonds is 4. The Balaban J connectivity index is 0.00000121. The molecule has 0 spiro atoms. The van der Waals surface area contributed by atoms with Gasteiger partial charge in [0.05, 0.1) is 23.2 Å². The molecule has 2 aliphatic heterocycles. The summed E-state index contributed by atoms with van der Waals surface area (Å²) >= 11 is 0. The van der Waals surface area contributed by atoms with E-state index in [4.69, 9.17) is 0 Å². The fraction of sp³-hybridized carbons (Fsp3) is 0.556. The predicted molar refractivity (Wildman–Crippen MR) is 108 cm³/mol. The zero-order valence-electron chi connectivity index (χ0n) is 15.2. The number of amides is 1. The highest BCUT2D eigenvalue weighted by molar-refractivity contribution is 5.86. The average molecular weight is 400 g/mol. The molecule has 2 N–H and O–H groups in total. The number of nitrogens with one attached hydrogen (secondary N) is 2. The zero-order valence-corrected chi connectivity index (χ0v) is 16.8. The van der Waals surface area contributed by atoms with Gasteiger partial charge in [-0.3, -0.25) is 9.48 Å². The molecule has 6 nitrogen and oxygen atoms in total. The molecular formula is C18H27Cl2N5O. The Morgan fingerprint density at radius 3 is 2.92 bits per heavy atom. The second-order valence-corrected chi connectivity index (χ2v) is 7.14. The SMILES string of the molecule is CCn1nc(CNC(=O)[C@@]23CNC[C@@H]2CN(C)C3)c2ccccc21.Cl.Cl. The first-order chi connectivity index (χ1) is 11.6. The Bertz CT molecular complexity index is 780. The van der Waals surface area contributed by atoms with Gasteiger partial charge in [-0.15, -0.1) is 24.8 Å². The van der Waals surface area contributed by atoms with E-state index in [9.17, 15) is 4.79 Å². The first-order valence-corrected chi connectivity index (χ1v) is 8.76. The van der Waals surface area contributed by atoms with E-state index in [0.29, 0.717) is 12.5 Å². The lowest BCUT2D eigenvalue weighted by Gasteiger charge is -2.26. The molecule has 0 radical (unpaired) electrons. The molecule has 1 aromatic carbocycles. The van der Waals surface area contributed by atoms with Gasteiger partial charge in [0.25, 0.3) is 0 Å². The lowest BCUT2D eigenvalue weighted by Crippen LogP contribution is -2.47. The number of aryl methyl sites for hydroxylation is 1. The van der Waals surface area contributed by atoms with Gasteiger partial charge in [-0.2, -0.15) is 5.10 Å². The molecular weight excluding hydrogens is 373 g/mol. The molecule has 1 amide bonds. The minimum absolute atomic E-state index is 0. The third-order valence-corrected chi connectivity index (χ3v) is 5.60. The molecule has 2 aliphatic rings. The molecule has 0 bridgehead atoms. The molecule has 26 heavy (non-hydrogen) atoms. The van der Waals surface area contributed by atoms with Crippen molar-refractivity contribution in [1.82, 2.24) is 25.3 Å². The molecule has 2 saturated heterocycles. The maximum atomic E-state index is 13.0. The smallest absolute Gasteiger partial charge is 0.229 e. The van der Waals surface area contributed by atoms with Crippen LogP contribution in [0, 0.1) is 11.3 Å². The largest absolute Gasteiger partial charge is 0.350 e. The van der Waals surface area contributed by atoms with E-state index in [1.54, 1.807) is 0 Å². The summed E-state index contributed by atoms with van der Waals surface area (Å²) in [6.45, 7) is 6.95. The van der Waals surface area contributed by atoms with Crippen LogP contribution < -0.4 is 10.6 Å². The van der Waals surface area contributed by atoms with Crippen LogP contribution in [0.4, 0.5) is 0 Å². The summed E-state index contributed by atoms with van der Waals surface area (Å²) in [6.07, 6.45) is 0. The number of carbonyl (C=O) groups excluding carboxylic acids is 1. The topological polar surface area (TPSA) is 62.2 Å². The van der Waals surface area contributed by atoms with Crippen LogP contribution in [-0.4, -0.2) is 53.8 Å². The quantitative estimate of drug-likeness (QED) is 0.820. The van der Waals surface area contributed by atoms with Crippen LogP contribution in [0.1, 0.15) is 12.6 Å². The number of halogens is 2. The van der Waals surface area contributed by atoms with E-state index in [2.05, 4.69) is 46.7 Å². The zero-order chi connectivity index (χ0) is 16.7. The number of hydrogen-bond acceptors (Lipinski definition) is 4. The Kier molecular flexibility index (Phi) is 6.55. The van der Waals surface area contributed by atoms with E-state index >= 15 is 0 Å². The normalized spacial score (nSPS) is 24.8. The Morgan fingerprint density at radius 1 is 1.38 bits per heavy atom. The molecule has 1 aromatic heterocycles. The van der Waals surface area contributed by atoms with E-state index < -0.39 is 0 Å². The third-order valence-electron chi connectivity index (χ3n) is 5.60. The van der Waals surface area contributed by atoms with Crippen molar-refractivity contribution in [1.29, 1.82) is 0 Å². The van der Waals surface area contributed by atoms with Crippen molar-refractivity contribution in [3.8, 4) is 0 Å². The van der Waals surface area contributed by atoms with Crippen molar-refractivity contribution in [2.75, 3.05) is 33.2 Å². The fourth-order valence-electron chi connectivity index (χ4n) is 4.40. The number of carbonyl (C=O) groups is 1. The molecule has 3 heterocycles. The van der Waals surface area contributed by atoms with Gasteiger partial charge < -0.3 is 15.5 Å². The Labute approximate surface area is 166 Å². The van der Waals surface area contributed by atoms with Crippen LogP contribution >= 0.6 is 24.8 Å². The first-order valence-electron chi connectivity index (χ1n) is 8.76. The minimum Gasteiger partial charge on any atom is -0.350 e. The number of benzene rings is 1. The van der Waals surface area contributed by atoms with Gasteiger partial charge in [-0.05, 0) is 20.0 Å². The molecule has 0 aliphatic carbocycles. The molecule has 0 unspecified atom stereocenters. The van der Waals surface area contributed by atoms with Gasteiger partial charge in [-0.1, -0.05) is 18.2 Å². The van der Waals surface area contributed by atoms with Crippen molar-refractivity contribution in [3.63, 3.8) is 0 Å². The summed E-state index contributed by atoms with van der Waals surface area (Å²) in [5.41, 5.74) is 1.80. The monoisotopic (exact) mass is 399 g/mol. The van der Waals surface area contributed by atoms with Crippen molar-refractivity contribution in [2.24, 2.45) is 11.3 Å². The van der Waals surface area contributed by atoms with Crippen molar-refractivity contribution < 1.29 is 4.79 Å². The highest BCUT2D eigenvalue weighted by Crippen LogP contribution is 2.38. The first kappa shape index (κ1) is 21.0. The Morgan fingerprint density at radius 2 is 2.15 bits per heavy atom. The number of fused-ring (bicyclic) bond motifs is 2. The summed E-state index contributed by atoms with van der Waals surface area (Å²) in [4.78, 5) is 15.2. The fourth-order valence-corrected chi connectivity index (χ4v) is 4.40. The summed E-state index contributed by atoms with van der Waals surface area (Å²) in [5, 5.41) is 12.4. The van der Waals surface area contributed by atoms with Gasteiger partial charge in [0.2, 0.25) is 5.91 Å². The number of nitrogens with zero attached hydrogens (tertiary/aromatic N) is 3. The molecule has 2 fully saturated rings. The van der Waals surface area contributed by atoms with Crippen molar-refractivity contribution in [2.45, 2.75) is 20.0 Å². The van der Waals surface area contributed by atoms with Crippen LogP contribution in [-0.2, 0) is 17.9 Å². The second-order valence-electron chi connectivity index (χ2n) is 7.14. The van der Waals surface area contributed by atoms with Gasteiger partial charge in [0.1, 0.15) is 0 Å². The average Bonchev–Trinajstić information content (AvgIpc) is 3.23. The molecule has 144 valence electrons. The number of aromatic nitrogens is 2.